The molecule has 1 rings (SSSR count). The van der Waals surface area contributed by atoms with Gasteiger partial charge in [0.1, 0.15) is 5.82 Å². The third kappa shape index (κ3) is 5.02. The zero-order valence-electron chi connectivity index (χ0n) is 10.9. The van der Waals surface area contributed by atoms with E-state index in [0.717, 1.165) is 0 Å². The summed E-state index contributed by atoms with van der Waals surface area (Å²) in [5.74, 6) is -0.257. The van der Waals surface area contributed by atoms with Gasteiger partial charge in [-0.05, 0) is 37.0 Å². The Morgan fingerprint density at radius 3 is 2.56 bits per heavy atom. The molecular formula is C13H20ClFN2O. The maximum atomic E-state index is 13.3. The van der Waals surface area contributed by atoms with Crippen molar-refractivity contribution in [2.24, 2.45) is 11.7 Å². The fourth-order valence-electron chi connectivity index (χ4n) is 1.52. The van der Waals surface area contributed by atoms with Crippen molar-refractivity contribution in [2.75, 3.05) is 5.32 Å². The lowest BCUT2D eigenvalue weighted by Gasteiger charge is -2.14. The Hall–Kier alpha value is -1.13. The van der Waals surface area contributed by atoms with Gasteiger partial charge in [0.2, 0.25) is 5.91 Å². The molecule has 0 aliphatic rings. The molecule has 0 bridgehead atoms. The second-order valence-corrected chi connectivity index (χ2v) is 4.69. The van der Waals surface area contributed by atoms with E-state index in [9.17, 15) is 9.18 Å². The van der Waals surface area contributed by atoms with Crippen LogP contribution in [-0.4, -0.2) is 11.9 Å². The van der Waals surface area contributed by atoms with Gasteiger partial charge >= 0.3 is 0 Å². The predicted octanol–water partition coefficient (Wildman–Crippen LogP) is 2.87. The summed E-state index contributed by atoms with van der Waals surface area (Å²) in [6.07, 6.45) is 0.611. The highest BCUT2D eigenvalue weighted by Crippen LogP contribution is 2.14. The summed E-state index contributed by atoms with van der Waals surface area (Å²) in [5.41, 5.74) is 6.72. The third-order valence-electron chi connectivity index (χ3n) is 2.50. The number of rotatable bonds is 4. The summed E-state index contributed by atoms with van der Waals surface area (Å²) in [4.78, 5) is 11.7. The minimum atomic E-state index is -0.556. The largest absolute Gasteiger partial charge is 0.325 e. The molecule has 1 amide bonds. The van der Waals surface area contributed by atoms with E-state index in [4.69, 9.17) is 5.73 Å². The van der Waals surface area contributed by atoms with Crippen molar-refractivity contribution in [1.82, 2.24) is 0 Å². The Kier molecular flexibility index (Phi) is 6.88. The zero-order chi connectivity index (χ0) is 13.0. The number of hydrogen-bond acceptors (Lipinski definition) is 2. The van der Waals surface area contributed by atoms with Gasteiger partial charge in [-0.25, -0.2) is 4.39 Å². The molecular weight excluding hydrogens is 255 g/mol. The summed E-state index contributed by atoms with van der Waals surface area (Å²) in [6, 6.07) is 4.03. The van der Waals surface area contributed by atoms with E-state index < -0.39 is 6.04 Å². The normalized spacial score (nSPS) is 11.9. The zero-order valence-corrected chi connectivity index (χ0v) is 11.7. The number of amides is 1. The summed E-state index contributed by atoms with van der Waals surface area (Å²) in [7, 11) is 0. The highest BCUT2D eigenvalue weighted by molar-refractivity contribution is 5.94. The van der Waals surface area contributed by atoms with Gasteiger partial charge in [0.15, 0.2) is 0 Å². The maximum Gasteiger partial charge on any atom is 0.241 e. The average Bonchev–Trinajstić information content (AvgIpc) is 2.22. The van der Waals surface area contributed by atoms with Crippen LogP contribution in [0.15, 0.2) is 18.2 Å². The molecule has 0 aromatic heterocycles. The minimum absolute atomic E-state index is 0. The highest BCUT2D eigenvalue weighted by atomic mass is 35.5. The van der Waals surface area contributed by atoms with E-state index >= 15 is 0 Å². The summed E-state index contributed by atoms with van der Waals surface area (Å²) < 4.78 is 13.3. The third-order valence-corrected chi connectivity index (χ3v) is 2.50. The summed E-state index contributed by atoms with van der Waals surface area (Å²) in [5, 5.41) is 2.61. The van der Waals surface area contributed by atoms with Crippen LogP contribution in [0, 0.1) is 18.7 Å². The minimum Gasteiger partial charge on any atom is -0.325 e. The molecule has 0 fully saturated rings. The summed E-state index contributed by atoms with van der Waals surface area (Å²) >= 11 is 0. The van der Waals surface area contributed by atoms with Gasteiger partial charge in [-0.1, -0.05) is 19.9 Å². The molecule has 5 heteroatoms. The molecule has 0 aliphatic carbocycles. The van der Waals surface area contributed by atoms with E-state index in [0.29, 0.717) is 23.6 Å². The van der Waals surface area contributed by atoms with Gasteiger partial charge in [0, 0.05) is 5.69 Å². The predicted molar refractivity (Wildman–Crippen MR) is 74.4 cm³/mol. The topological polar surface area (TPSA) is 55.1 Å². The number of carbonyl (C=O) groups is 1. The quantitative estimate of drug-likeness (QED) is 0.887. The van der Waals surface area contributed by atoms with E-state index in [1.54, 1.807) is 19.1 Å². The number of benzene rings is 1. The van der Waals surface area contributed by atoms with Crippen LogP contribution >= 0.6 is 12.4 Å². The fourth-order valence-corrected chi connectivity index (χ4v) is 1.52. The lowest BCUT2D eigenvalue weighted by atomic mass is 10.0. The lowest BCUT2D eigenvalue weighted by molar-refractivity contribution is -0.117. The van der Waals surface area contributed by atoms with Crippen LogP contribution in [0.1, 0.15) is 25.8 Å². The summed E-state index contributed by atoms with van der Waals surface area (Å²) in [6.45, 7) is 5.67. The first-order chi connectivity index (χ1) is 7.90. The molecule has 0 saturated carbocycles. The van der Waals surface area contributed by atoms with Gasteiger partial charge in [0.25, 0.3) is 0 Å². The SMILES string of the molecule is Cc1ccc(NC(=O)[C@@H](N)CC(C)C)cc1F.Cl. The molecule has 0 unspecified atom stereocenters. The average molecular weight is 275 g/mol. The van der Waals surface area contributed by atoms with E-state index in [2.05, 4.69) is 5.32 Å². The molecule has 1 aromatic carbocycles. The Labute approximate surface area is 113 Å². The Balaban J connectivity index is 0.00000289. The Morgan fingerprint density at radius 2 is 2.06 bits per heavy atom. The molecule has 18 heavy (non-hydrogen) atoms. The maximum absolute atomic E-state index is 13.3. The van der Waals surface area contributed by atoms with Crippen molar-refractivity contribution < 1.29 is 9.18 Å². The second kappa shape index (κ2) is 7.34. The smallest absolute Gasteiger partial charge is 0.241 e. The van der Waals surface area contributed by atoms with E-state index in [1.807, 2.05) is 13.8 Å². The Morgan fingerprint density at radius 1 is 1.44 bits per heavy atom. The molecule has 0 saturated heterocycles. The first-order valence-corrected chi connectivity index (χ1v) is 5.72. The number of anilines is 1. The monoisotopic (exact) mass is 274 g/mol. The van der Waals surface area contributed by atoms with Crippen molar-refractivity contribution in [3.8, 4) is 0 Å². The molecule has 102 valence electrons. The first-order valence-electron chi connectivity index (χ1n) is 5.72. The van der Waals surface area contributed by atoms with Crippen molar-refractivity contribution in [1.29, 1.82) is 0 Å². The Bertz CT molecular complexity index is 410. The molecule has 1 aromatic rings. The molecule has 1 atom stereocenters. The lowest BCUT2D eigenvalue weighted by Crippen LogP contribution is -2.36. The van der Waals surface area contributed by atoms with Crippen LogP contribution < -0.4 is 11.1 Å². The van der Waals surface area contributed by atoms with Crippen molar-refractivity contribution >= 4 is 24.0 Å². The number of nitrogens with two attached hydrogens (primary N) is 1. The number of halogens is 2. The highest BCUT2D eigenvalue weighted by Gasteiger charge is 2.15. The number of hydrogen-bond donors (Lipinski definition) is 2. The number of carbonyl (C=O) groups excluding carboxylic acids is 1. The molecule has 0 heterocycles. The van der Waals surface area contributed by atoms with Crippen LogP contribution in [0.2, 0.25) is 0 Å². The second-order valence-electron chi connectivity index (χ2n) is 4.69. The number of aryl methyl sites for hydroxylation is 1. The molecule has 3 nitrogen and oxygen atoms in total. The number of nitrogens with one attached hydrogen (secondary N) is 1. The molecule has 0 aliphatic heterocycles. The van der Waals surface area contributed by atoms with Crippen molar-refractivity contribution in [2.45, 2.75) is 33.2 Å². The molecule has 0 radical (unpaired) electrons. The van der Waals surface area contributed by atoms with Crippen LogP contribution in [0.25, 0.3) is 0 Å². The van der Waals surface area contributed by atoms with Crippen LogP contribution in [0.4, 0.5) is 10.1 Å². The van der Waals surface area contributed by atoms with E-state index in [-0.39, 0.29) is 24.1 Å². The standard InChI is InChI=1S/C13H19FN2O.ClH/c1-8(2)6-12(15)13(17)16-10-5-4-9(3)11(14)7-10;/h4-5,7-8,12H,6,15H2,1-3H3,(H,16,17);1H/t12-;/m0./s1. The van der Waals surface area contributed by atoms with Crippen molar-refractivity contribution in [3.05, 3.63) is 29.6 Å². The van der Waals surface area contributed by atoms with E-state index in [1.165, 1.54) is 6.07 Å². The van der Waals surface area contributed by atoms with Crippen LogP contribution in [0.5, 0.6) is 0 Å². The molecule has 0 spiro atoms. The van der Waals surface area contributed by atoms with Gasteiger partial charge in [-0.2, -0.15) is 0 Å². The van der Waals surface area contributed by atoms with Crippen molar-refractivity contribution in [3.63, 3.8) is 0 Å². The first kappa shape index (κ1) is 16.9. The fraction of sp³-hybridized carbons (Fsp3) is 0.462. The van der Waals surface area contributed by atoms with Crippen LogP contribution in [-0.2, 0) is 4.79 Å². The van der Waals surface area contributed by atoms with Gasteiger partial charge in [-0.3, -0.25) is 4.79 Å². The molecule has 3 N–H and O–H groups in total. The van der Waals surface area contributed by atoms with Gasteiger partial charge in [-0.15, -0.1) is 12.4 Å². The van der Waals surface area contributed by atoms with Gasteiger partial charge in [0.05, 0.1) is 6.04 Å². The van der Waals surface area contributed by atoms with Gasteiger partial charge < -0.3 is 11.1 Å². The van der Waals surface area contributed by atoms with Crippen LogP contribution in [0.3, 0.4) is 0 Å².